The van der Waals surface area contributed by atoms with E-state index in [2.05, 4.69) is 33.7 Å². The fourth-order valence-electron chi connectivity index (χ4n) is 5.15. The van der Waals surface area contributed by atoms with Gasteiger partial charge in [-0.25, -0.2) is 9.67 Å². The highest BCUT2D eigenvalue weighted by Gasteiger charge is 2.32. The minimum atomic E-state index is -4.75. The molecule has 4 aromatic rings. The van der Waals surface area contributed by atoms with Gasteiger partial charge in [0.25, 0.3) is 0 Å². The maximum Gasteiger partial charge on any atom is 0.573 e. The summed E-state index contributed by atoms with van der Waals surface area (Å²) >= 11 is 1.30. The summed E-state index contributed by atoms with van der Waals surface area (Å²) in [4.78, 5) is 35.9. The zero-order valence-corrected chi connectivity index (χ0v) is 26.6. The van der Waals surface area contributed by atoms with E-state index in [4.69, 9.17) is 0 Å². The summed E-state index contributed by atoms with van der Waals surface area (Å²) in [7, 11) is 0. The van der Waals surface area contributed by atoms with E-state index >= 15 is 0 Å². The maximum absolute atomic E-state index is 12.8. The van der Waals surface area contributed by atoms with Gasteiger partial charge in [0.15, 0.2) is 11.0 Å². The summed E-state index contributed by atoms with van der Waals surface area (Å²) in [5.74, 6) is 0.368. The molecule has 8 nitrogen and oxygen atoms in total. The molecule has 2 heterocycles. The van der Waals surface area contributed by atoms with Crippen molar-refractivity contribution in [2.45, 2.75) is 65.2 Å². The number of unbranched alkanes of at least 4 members (excludes halogenated alkanes) is 2. The highest BCUT2D eigenvalue weighted by atomic mass is 32.2. The van der Waals surface area contributed by atoms with Gasteiger partial charge in [0, 0.05) is 12.0 Å². The number of carbonyl (C=O) groups excluding carboxylic acids is 2. The topological polar surface area (TPSA) is 89.7 Å². The Labute approximate surface area is 269 Å². The number of amides is 2. The summed E-state index contributed by atoms with van der Waals surface area (Å²) in [5.41, 5.74) is 5.35. The van der Waals surface area contributed by atoms with Gasteiger partial charge in [-0.1, -0.05) is 62.4 Å². The Morgan fingerprint density at radius 2 is 1.83 bits per heavy atom. The standard InChI is InChI=1S/C34H34F3N5O3S/c1-22(2)28-17-12-23(3)18-29(28)42-31(44)20-46-33(42)39-30(43)11-6-4-5-8-24-9-7-10-25(19-24)32-38-21-41(40-32)26-13-15-27(16-14-26)45-34(35,36)37/h7,9-10,12-19,21-22H,4-6,8,11,20H2,1-3H3. The number of aryl methyl sites for hydroxylation is 2. The first-order valence-corrected chi connectivity index (χ1v) is 16.0. The van der Waals surface area contributed by atoms with Crippen LogP contribution < -0.4 is 9.64 Å². The van der Waals surface area contributed by atoms with Crippen LogP contribution in [0, 0.1) is 6.92 Å². The Bertz CT molecular complexity index is 1730. The number of hydrogen-bond acceptors (Lipinski definition) is 6. The molecule has 1 aliphatic heterocycles. The second kappa shape index (κ2) is 14.3. The van der Waals surface area contributed by atoms with Crippen molar-refractivity contribution in [2.75, 3.05) is 10.7 Å². The molecule has 5 rings (SSSR count). The molecule has 1 aromatic heterocycles. The number of anilines is 1. The molecule has 0 unspecified atom stereocenters. The van der Waals surface area contributed by atoms with Crippen molar-refractivity contribution in [3.8, 4) is 22.8 Å². The molecule has 0 saturated carbocycles. The van der Waals surface area contributed by atoms with Crippen LogP contribution in [0.4, 0.5) is 18.9 Å². The molecule has 1 saturated heterocycles. The van der Waals surface area contributed by atoms with E-state index in [-0.39, 0.29) is 29.2 Å². The predicted molar refractivity (Wildman–Crippen MR) is 173 cm³/mol. The molecule has 0 bridgehead atoms. The molecule has 1 aliphatic rings. The quantitative estimate of drug-likeness (QED) is 0.153. The Balaban J connectivity index is 1.13. The average Bonchev–Trinajstić information content (AvgIpc) is 3.63. The molecular weight excluding hydrogens is 615 g/mol. The fourth-order valence-corrected chi connectivity index (χ4v) is 6.03. The lowest BCUT2D eigenvalue weighted by atomic mass is 9.99. The number of ether oxygens (including phenoxy) is 1. The lowest BCUT2D eigenvalue weighted by Gasteiger charge is -2.22. The van der Waals surface area contributed by atoms with Crippen LogP contribution in [0.1, 0.15) is 62.1 Å². The van der Waals surface area contributed by atoms with Crippen LogP contribution in [0.5, 0.6) is 5.75 Å². The third kappa shape index (κ3) is 8.42. The van der Waals surface area contributed by atoms with Crippen molar-refractivity contribution < 1.29 is 27.5 Å². The smallest absolute Gasteiger partial charge is 0.406 e. The Kier molecular flexibility index (Phi) is 10.3. The summed E-state index contributed by atoms with van der Waals surface area (Å²) in [6.45, 7) is 6.14. The number of aromatic nitrogens is 3. The second-order valence-electron chi connectivity index (χ2n) is 11.3. The predicted octanol–water partition coefficient (Wildman–Crippen LogP) is 8.03. The highest BCUT2D eigenvalue weighted by Crippen LogP contribution is 2.34. The van der Waals surface area contributed by atoms with Gasteiger partial charge in [-0.2, -0.15) is 4.99 Å². The normalized spacial score (nSPS) is 14.5. The van der Waals surface area contributed by atoms with Crippen LogP contribution in [0.3, 0.4) is 0 Å². The van der Waals surface area contributed by atoms with E-state index in [0.717, 1.165) is 47.2 Å². The number of nitrogens with zero attached hydrogens (tertiary/aromatic N) is 5. The van der Waals surface area contributed by atoms with Crippen molar-refractivity contribution in [1.82, 2.24) is 14.8 Å². The van der Waals surface area contributed by atoms with Gasteiger partial charge in [0.05, 0.1) is 17.1 Å². The van der Waals surface area contributed by atoms with E-state index in [1.54, 1.807) is 4.90 Å². The van der Waals surface area contributed by atoms with Crippen molar-refractivity contribution in [3.63, 3.8) is 0 Å². The number of hydrogen-bond donors (Lipinski definition) is 0. The van der Waals surface area contributed by atoms with Gasteiger partial charge in [-0.3, -0.25) is 14.5 Å². The van der Waals surface area contributed by atoms with Gasteiger partial charge in [0.2, 0.25) is 11.8 Å². The average molecular weight is 650 g/mol. The SMILES string of the molecule is Cc1ccc(C(C)C)c(N2C(=O)CSC2=NC(=O)CCCCCc2cccc(-c3ncn(-c4ccc(OC(F)(F)F)cc4)n3)c2)c1. The zero-order valence-electron chi connectivity index (χ0n) is 25.8. The second-order valence-corrected chi connectivity index (χ2v) is 12.3. The first-order valence-electron chi connectivity index (χ1n) is 15.0. The molecule has 3 aromatic carbocycles. The molecule has 0 radical (unpaired) electrons. The van der Waals surface area contributed by atoms with Gasteiger partial charge in [-0.05, 0) is 85.2 Å². The Morgan fingerprint density at radius 3 is 2.57 bits per heavy atom. The number of aliphatic imine (C=N–C) groups is 1. The van der Waals surface area contributed by atoms with Gasteiger partial charge in [-0.15, -0.1) is 18.3 Å². The highest BCUT2D eigenvalue weighted by molar-refractivity contribution is 8.15. The largest absolute Gasteiger partial charge is 0.573 e. The van der Waals surface area contributed by atoms with Gasteiger partial charge < -0.3 is 4.74 Å². The molecule has 240 valence electrons. The third-order valence-corrected chi connectivity index (χ3v) is 8.33. The Morgan fingerprint density at radius 1 is 1.04 bits per heavy atom. The summed E-state index contributed by atoms with van der Waals surface area (Å²) in [6, 6.07) is 19.3. The van der Waals surface area contributed by atoms with Crippen LogP contribution in [-0.4, -0.2) is 43.9 Å². The van der Waals surface area contributed by atoms with Crippen molar-refractivity contribution >= 4 is 34.4 Å². The minimum Gasteiger partial charge on any atom is -0.406 e. The fraction of sp³-hybridized carbons (Fsp3) is 0.324. The van der Waals surface area contributed by atoms with E-state index in [9.17, 15) is 22.8 Å². The van der Waals surface area contributed by atoms with E-state index in [0.29, 0.717) is 29.5 Å². The van der Waals surface area contributed by atoms with Crippen molar-refractivity contribution in [2.24, 2.45) is 4.99 Å². The zero-order chi connectivity index (χ0) is 32.8. The minimum absolute atomic E-state index is 0.0677. The first-order chi connectivity index (χ1) is 22.0. The Hall–Kier alpha value is -4.45. The molecule has 0 N–H and O–H groups in total. The van der Waals surface area contributed by atoms with Crippen LogP contribution in [0.25, 0.3) is 17.1 Å². The molecular formula is C34H34F3N5O3S. The molecule has 2 amide bonds. The van der Waals surface area contributed by atoms with E-state index < -0.39 is 6.36 Å². The molecule has 12 heteroatoms. The number of rotatable bonds is 11. The number of amidine groups is 1. The number of alkyl halides is 3. The number of halogens is 3. The lowest BCUT2D eigenvalue weighted by molar-refractivity contribution is -0.274. The molecule has 1 fully saturated rings. The number of thioether (sulfide) groups is 1. The molecule has 0 aliphatic carbocycles. The van der Waals surface area contributed by atoms with Gasteiger partial charge >= 0.3 is 6.36 Å². The van der Waals surface area contributed by atoms with Gasteiger partial charge in [0.1, 0.15) is 12.1 Å². The van der Waals surface area contributed by atoms with Crippen LogP contribution in [0.15, 0.2) is 78.0 Å². The van der Waals surface area contributed by atoms with Crippen molar-refractivity contribution in [1.29, 1.82) is 0 Å². The van der Waals surface area contributed by atoms with E-state index in [1.807, 2.05) is 49.4 Å². The molecule has 46 heavy (non-hydrogen) atoms. The first kappa shape index (κ1) is 32.9. The summed E-state index contributed by atoms with van der Waals surface area (Å²) in [5, 5.41) is 4.93. The monoisotopic (exact) mass is 649 g/mol. The third-order valence-electron chi connectivity index (χ3n) is 7.40. The lowest BCUT2D eigenvalue weighted by Crippen LogP contribution is -2.31. The van der Waals surface area contributed by atoms with Crippen LogP contribution >= 0.6 is 11.8 Å². The maximum atomic E-state index is 12.8. The number of carbonyl (C=O) groups is 2. The number of benzene rings is 3. The van der Waals surface area contributed by atoms with E-state index in [1.165, 1.54) is 47.0 Å². The van der Waals surface area contributed by atoms with Crippen molar-refractivity contribution in [3.05, 3.63) is 89.7 Å². The summed E-state index contributed by atoms with van der Waals surface area (Å²) in [6.07, 6.45) is 0.274. The van der Waals surface area contributed by atoms with Crippen LogP contribution in [-0.2, 0) is 16.0 Å². The molecule has 0 atom stereocenters. The molecule has 0 spiro atoms. The summed E-state index contributed by atoms with van der Waals surface area (Å²) < 4.78 is 42.7. The van der Waals surface area contributed by atoms with Crippen LogP contribution in [0.2, 0.25) is 0 Å².